The number of hydrogen-bond donors (Lipinski definition) is 1. The van der Waals surface area contributed by atoms with Gasteiger partial charge in [0.1, 0.15) is 5.75 Å². The second-order valence-corrected chi connectivity index (χ2v) is 5.98. The summed E-state index contributed by atoms with van der Waals surface area (Å²) in [6.07, 6.45) is -1.14. The molecule has 0 saturated carbocycles. The van der Waals surface area contributed by atoms with Crippen LogP contribution in [-0.4, -0.2) is 43.7 Å². The summed E-state index contributed by atoms with van der Waals surface area (Å²) in [5, 5.41) is 13.4. The van der Waals surface area contributed by atoms with Gasteiger partial charge in [0.15, 0.2) is 17.6 Å². The van der Waals surface area contributed by atoms with Crippen molar-refractivity contribution >= 4 is 23.3 Å². The summed E-state index contributed by atoms with van der Waals surface area (Å²) in [4.78, 5) is 35.1. The molecular formula is C20H22N2O8. The number of ether oxygens (including phenoxy) is 4. The number of benzene rings is 2. The minimum atomic E-state index is -1.14. The highest BCUT2D eigenvalue weighted by Gasteiger charge is 2.22. The lowest BCUT2D eigenvalue weighted by Gasteiger charge is -2.16. The molecule has 0 heterocycles. The third-order valence-electron chi connectivity index (χ3n) is 4.01. The van der Waals surface area contributed by atoms with Crippen molar-refractivity contribution in [3.05, 3.63) is 52.1 Å². The number of hydrogen-bond acceptors (Lipinski definition) is 8. The van der Waals surface area contributed by atoms with Crippen LogP contribution in [0.1, 0.15) is 24.2 Å². The molecule has 0 aromatic heterocycles. The van der Waals surface area contributed by atoms with Crippen LogP contribution in [0.15, 0.2) is 36.4 Å². The number of rotatable bonds is 9. The maximum absolute atomic E-state index is 12.4. The van der Waals surface area contributed by atoms with Crippen molar-refractivity contribution in [3.8, 4) is 17.2 Å². The number of non-ortho nitro benzene ring substituents is 1. The van der Waals surface area contributed by atoms with Gasteiger partial charge < -0.3 is 24.3 Å². The lowest BCUT2D eigenvalue weighted by Crippen LogP contribution is -2.30. The fourth-order valence-electron chi connectivity index (χ4n) is 2.49. The van der Waals surface area contributed by atoms with E-state index < -0.39 is 22.9 Å². The summed E-state index contributed by atoms with van der Waals surface area (Å²) in [6, 6.07) is 8.26. The van der Waals surface area contributed by atoms with Crippen molar-refractivity contribution in [1.82, 2.24) is 0 Å². The molecule has 0 spiro atoms. The fourth-order valence-corrected chi connectivity index (χ4v) is 2.49. The first kappa shape index (κ1) is 22.5. The number of carbonyl (C=O) groups excluding carboxylic acids is 2. The second-order valence-electron chi connectivity index (χ2n) is 5.98. The molecule has 0 aliphatic carbocycles. The monoisotopic (exact) mass is 418 g/mol. The average molecular weight is 418 g/mol. The fraction of sp³-hybridized carbons (Fsp3) is 0.300. The van der Waals surface area contributed by atoms with Gasteiger partial charge in [0.05, 0.1) is 43.1 Å². The minimum Gasteiger partial charge on any atom is -0.494 e. The number of methoxy groups -OCH3 is 2. The van der Waals surface area contributed by atoms with E-state index in [0.29, 0.717) is 18.1 Å². The lowest BCUT2D eigenvalue weighted by molar-refractivity contribution is -0.384. The van der Waals surface area contributed by atoms with Crippen LogP contribution < -0.4 is 19.5 Å². The molecule has 1 atom stereocenters. The Bertz CT molecular complexity index is 944. The molecule has 2 rings (SSSR count). The molecule has 0 saturated heterocycles. The van der Waals surface area contributed by atoms with Crippen LogP contribution in [0.25, 0.3) is 0 Å². The van der Waals surface area contributed by atoms with Gasteiger partial charge in [-0.2, -0.15) is 0 Å². The van der Waals surface area contributed by atoms with E-state index in [0.717, 1.165) is 0 Å². The Labute approximate surface area is 172 Å². The van der Waals surface area contributed by atoms with Crippen molar-refractivity contribution in [2.24, 2.45) is 0 Å². The predicted octanol–water partition coefficient (Wildman–Crippen LogP) is 3.19. The van der Waals surface area contributed by atoms with Gasteiger partial charge in [0.2, 0.25) is 0 Å². The van der Waals surface area contributed by atoms with Crippen molar-refractivity contribution in [1.29, 1.82) is 0 Å². The van der Waals surface area contributed by atoms with E-state index >= 15 is 0 Å². The van der Waals surface area contributed by atoms with Crippen LogP contribution in [0.2, 0.25) is 0 Å². The van der Waals surface area contributed by atoms with Crippen LogP contribution in [0.5, 0.6) is 17.2 Å². The summed E-state index contributed by atoms with van der Waals surface area (Å²) in [5.74, 6) is -0.412. The van der Waals surface area contributed by atoms with Gasteiger partial charge in [-0.3, -0.25) is 14.9 Å². The summed E-state index contributed by atoms with van der Waals surface area (Å²) >= 11 is 0. The molecule has 10 heteroatoms. The maximum Gasteiger partial charge on any atom is 0.339 e. The van der Waals surface area contributed by atoms with Gasteiger partial charge in [0.25, 0.3) is 11.6 Å². The first-order valence-electron chi connectivity index (χ1n) is 8.95. The van der Waals surface area contributed by atoms with Gasteiger partial charge in [0, 0.05) is 6.07 Å². The van der Waals surface area contributed by atoms with Crippen LogP contribution in [0.4, 0.5) is 11.4 Å². The third-order valence-corrected chi connectivity index (χ3v) is 4.01. The summed E-state index contributed by atoms with van der Waals surface area (Å²) in [6.45, 7) is 3.58. The first-order chi connectivity index (χ1) is 14.3. The van der Waals surface area contributed by atoms with Gasteiger partial charge in [-0.15, -0.1) is 0 Å². The maximum atomic E-state index is 12.4. The van der Waals surface area contributed by atoms with E-state index in [9.17, 15) is 19.7 Å². The lowest BCUT2D eigenvalue weighted by atomic mass is 10.2. The van der Waals surface area contributed by atoms with Crippen molar-refractivity contribution < 1.29 is 33.5 Å². The van der Waals surface area contributed by atoms with Crippen LogP contribution in [0.3, 0.4) is 0 Å². The molecule has 2 aromatic rings. The molecule has 1 N–H and O–H groups in total. The minimum absolute atomic E-state index is 0.104. The van der Waals surface area contributed by atoms with Gasteiger partial charge in [-0.05, 0) is 38.1 Å². The Hall–Kier alpha value is -3.82. The van der Waals surface area contributed by atoms with Crippen LogP contribution in [0, 0.1) is 10.1 Å². The largest absolute Gasteiger partial charge is 0.494 e. The van der Waals surface area contributed by atoms with Crippen molar-refractivity contribution in [3.63, 3.8) is 0 Å². The van der Waals surface area contributed by atoms with Crippen molar-refractivity contribution in [2.75, 3.05) is 26.1 Å². The molecule has 0 radical (unpaired) electrons. The number of esters is 1. The highest BCUT2D eigenvalue weighted by molar-refractivity contribution is 5.98. The molecule has 1 amide bonds. The zero-order valence-electron chi connectivity index (χ0n) is 17.0. The third kappa shape index (κ3) is 5.37. The molecule has 0 aliphatic heterocycles. The predicted molar refractivity (Wildman–Crippen MR) is 107 cm³/mol. The Morgan fingerprint density at radius 1 is 1.07 bits per heavy atom. The van der Waals surface area contributed by atoms with E-state index in [2.05, 4.69) is 5.32 Å². The SMILES string of the molecule is CCOc1cc(C(=O)O[C@@H](C)C(=O)Nc2ccc([N+](=O)[O-])cc2OC)ccc1OC. The van der Waals surface area contributed by atoms with E-state index in [1.807, 2.05) is 0 Å². The average Bonchev–Trinajstić information content (AvgIpc) is 2.73. The molecule has 2 aromatic carbocycles. The molecular weight excluding hydrogens is 396 g/mol. The summed E-state index contributed by atoms with van der Waals surface area (Å²) in [5.41, 5.74) is 0.208. The van der Waals surface area contributed by atoms with Crippen molar-refractivity contribution in [2.45, 2.75) is 20.0 Å². The molecule has 0 unspecified atom stereocenters. The summed E-state index contributed by atoms with van der Waals surface area (Å²) < 4.78 is 20.9. The Balaban J connectivity index is 2.09. The van der Waals surface area contributed by atoms with Gasteiger partial charge in [-0.25, -0.2) is 4.79 Å². The van der Waals surface area contributed by atoms with E-state index in [4.69, 9.17) is 18.9 Å². The number of nitrogens with zero attached hydrogens (tertiary/aromatic N) is 1. The number of nitrogens with one attached hydrogen (secondary N) is 1. The standard InChI is InChI=1S/C20H22N2O8/c1-5-29-18-10-13(6-9-16(18)27-3)20(24)30-12(2)19(23)21-15-8-7-14(22(25)26)11-17(15)28-4/h6-12H,5H2,1-4H3,(H,21,23)/t12-/m0/s1. The molecule has 0 fully saturated rings. The Kier molecular flexibility index (Phi) is 7.56. The van der Waals surface area contributed by atoms with E-state index in [1.54, 1.807) is 13.0 Å². The van der Waals surface area contributed by atoms with Gasteiger partial charge in [-0.1, -0.05) is 0 Å². The Morgan fingerprint density at radius 3 is 2.37 bits per heavy atom. The second kappa shape index (κ2) is 10.1. The number of nitro groups is 1. The van der Waals surface area contributed by atoms with Crippen LogP contribution >= 0.6 is 0 Å². The molecule has 30 heavy (non-hydrogen) atoms. The van der Waals surface area contributed by atoms with E-state index in [1.165, 1.54) is 51.5 Å². The van der Waals surface area contributed by atoms with Crippen LogP contribution in [-0.2, 0) is 9.53 Å². The molecule has 0 aliphatic rings. The van der Waals surface area contributed by atoms with Gasteiger partial charge >= 0.3 is 5.97 Å². The number of nitro benzene ring substituents is 1. The number of carbonyl (C=O) groups is 2. The van der Waals surface area contributed by atoms with E-state index in [-0.39, 0.29) is 22.7 Å². The highest BCUT2D eigenvalue weighted by atomic mass is 16.6. The quantitative estimate of drug-likeness (QED) is 0.374. The summed E-state index contributed by atoms with van der Waals surface area (Å²) in [7, 11) is 2.80. The number of anilines is 1. The Morgan fingerprint density at radius 2 is 1.77 bits per heavy atom. The normalized spacial score (nSPS) is 11.2. The smallest absolute Gasteiger partial charge is 0.339 e. The zero-order valence-corrected chi connectivity index (χ0v) is 17.0. The zero-order chi connectivity index (χ0) is 22.3. The first-order valence-corrected chi connectivity index (χ1v) is 8.95. The molecule has 0 bridgehead atoms. The molecule has 10 nitrogen and oxygen atoms in total. The molecule has 160 valence electrons. The topological polar surface area (TPSA) is 126 Å². The highest BCUT2D eigenvalue weighted by Crippen LogP contribution is 2.30. The number of amides is 1.